The van der Waals surface area contributed by atoms with Crippen LogP contribution in [0.4, 0.5) is 0 Å². The molecule has 1 atom stereocenters. The Balaban J connectivity index is 1.77. The van der Waals surface area contributed by atoms with Gasteiger partial charge in [0.25, 0.3) is 0 Å². The van der Waals surface area contributed by atoms with Crippen LogP contribution >= 0.6 is 0 Å². The van der Waals surface area contributed by atoms with Gasteiger partial charge in [-0.25, -0.2) is 0 Å². The summed E-state index contributed by atoms with van der Waals surface area (Å²) < 4.78 is 0. The molecule has 0 aromatic heterocycles. The van der Waals surface area contributed by atoms with E-state index in [9.17, 15) is 4.79 Å². The number of carbonyl (C=O) groups excluding carboxylic acids is 1. The summed E-state index contributed by atoms with van der Waals surface area (Å²) in [6, 6.07) is 10.5. The van der Waals surface area contributed by atoms with Crippen LogP contribution in [0.2, 0.25) is 0 Å². The van der Waals surface area contributed by atoms with E-state index in [1.54, 1.807) is 0 Å². The van der Waals surface area contributed by atoms with Crippen molar-refractivity contribution in [1.82, 2.24) is 10.6 Å². The van der Waals surface area contributed by atoms with Gasteiger partial charge in [-0.1, -0.05) is 56.5 Å². The lowest BCUT2D eigenvalue weighted by molar-refractivity contribution is -0.129. The molecule has 3 nitrogen and oxygen atoms in total. The minimum Gasteiger partial charge on any atom is -0.346 e. The van der Waals surface area contributed by atoms with Gasteiger partial charge < -0.3 is 10.6 Å². The second kappa shape index (κ2) is 6.18. The molecule has 0 bridgehead atoms. The number of nitrogens with one attached hydrogen (secondary N) is 2. The highest BCUT2D eigenvalue weighted by molar-refractivity contribution is 5.79. The minimum absolute atomic E-state index is 0.105. The highest BCUT2D eigenvalue weighted by Crippen LogP contribution is 2.37. The Morgan fingerprint density at radius 2 is 1.86 bits per heavy atom. The second-order valence-corrected chi connectivity index (χ2v) is 6.71. The Morgan fingerprint density at radius 1 is 1.19 bits per heavy atom. The molecule has 21 heavy (non-hydrogen) atoms. The van der Waals surface area contributed by atoms with Crippen LogP contribution in [0, 0.1) is 11.8 Å². The Kier molecular flexibility index (Phi) is 4.29. The third kappa shape index (κ3) is 2.98. The molecule has 2 N–H and O–H groups in total. The monoisotopic (exact) mass is 286 g/mol. The van der Waals surface area contributed by atoms with E-state index in [0.717, 1.165) is 25.9 Å². The fraction of sp³-hybridized carbons (Fsp3) is 0.611. The van der Waals surface area contributed by atoms with Gasteiger partial charge in [0.1, 0.15) is 0 Å². The quantitative estimate of drug-likeness (QED) is 0.893. The molecule has 1 aliphatic carbocycles. The molecule has 1 aromatic carbocycles. The van der Waals surface area contributed by atoms with Crippen LogP contribution in [0.15, 0.2) is 30.3 Å². The van der Waals surface area contributed by atoms with Crippen LogP contribution in [0.5, 0.6) is 0 Å². The Morgan fingerprint density at radius 3 is 2.43 bits per heavy atom. The van der Waals surface area contributed by atoms with E-state index >= 15 is 0 Å². The zero-order chi connectivity index (χ0) is 14.7. The summed E-state index contributed by atoms with van der Waals surface area (Å²) in [5.74, 6) is 0.836. The van der Waals surface area contributed by atoms with Crippen molar-refractivity contribution in [2.45, 2.75) is 44.6 Å². The van der Waals surface area contributed by atoms with Crippen LogP contribution in [0.1, 0.15) is 44.6 Å². The minimum atomic E-state index is -0.137. The molecule has 1 heterocycles. The first-order valence-corrected chi connectivity index (χ1v) is 8.29. The number of carbonyl (C=O) groups is 1. The van der Waals surface area contributed by atoms with E-state index in [2.05, 4.69) is 41.8 Å². The topological polar surface area (TPSA) is 41.1 Å². The summed E-state index contributed by atoms with van der Waals surface area (Å²) in [5.41, 5.74) is 1.14. The van der Waals surface area contributed by atoms with Crippen LogP contribution in [-0.4, -0.2) is 19.0 Å². The van der Waals surface area contributed by atoms with Gasteiger partial charge in [0.05, 0.1) is 5.54 Å². The van der Waals surface area contributed by atoms with Crippen molar-refractivity contribution in [2.75, 3.05) is 13.1 Å². The molecule has 0 radical (unpaired) electrons. The third-order valence-electron chi connectivity index (χ3n) is 5.33. The van der Waals surface area contributed by atoms with E-state index in [1.807, 2.05) is 6.07 Å². The number of amides is 1. The molecule has 114 valence electrons. The summed E-state index contributed by atoms with van der Waals surface area (Å²) >= 11 is 0. The van der Waals surface area contributed by atoms with Crippen molar-refractivity contribution in [1.29, 1.82) is 0 Å². The largest absolute Gasteiger partial charge is 0.346 e. The zero-order valence-electron chi connectivity index (χ0n) is 12.9. The molecule has 1 saturated heterocycles. The van der Waals surface area contributed by atoms with Crippen molar-refractivity contribution in [3.8, 4) is 0 Å². The van der Waals surface area contributed by atoms with Gasteiger partial charge in [-0.05, 0) is 37.4 Å². The molecule has 1 amide bonds. The maximum Gasteiger partial charge on any atom is 0.223 e. The molecular weight excluding hydrogens is 260 g/mol. The van der Waals surface area contributed by atoms with Crippen LogP contribution in [0.3, 0.4) is 0 Å². The third-order valence-corrected chi connectivity index (χ3v) is 5.33. The lowest BCUT2D eigenvalue weighted by Crippen LogP contribution is -2.54. The molecule has 2 aliphatic rings. The summed E-state index contributed by atoms with van der Waals surface area (Å²) in [5, 5.41) is 6.69. The van der Waals surface area contributed by atoms with E-state index in [0.29, 0.717) is 5.92 Å². The first kappa shape index (κ1) is 14.6. The van der Waals surface area contributed by atoms with Gasteiger partial charge in [-0.15, -0.1) is 0 Å². The standard InChI is InChI=1S/C18H26N2O/c1-14(15-12-19-13-15)17(21)20-18(10-6-3-7-11-18)16-8-4-2-5-9-16/h2,4-5,8-9,14-15,19H,3,6-7,10-13H2,1H3,(H,20,21). The Labute approximate surface area is 127 Å². The molecule has 3 rings (SSSR count). The van der Waals surface area contributed by atoms with Crippen molar-refractivity contribution in [3.63, 3.8) is 0 Å². The molecule has 1 aliphatic heterocycles. The smallest absolute Gasteiger partial charge is 0.223 e. The summed E-state index contributed by atoms with van der Waals surface area (Å²) in [6.45, 7) is 4.03. The zero-order valence-corrected chi connectivity index (χ0v) is 12.9. The van der Waals surface area contributed by atoms with Crippen LogP contribution < -0.4 is 10.6 Å². The van der Waals surface area contributed by atoms with Crippen molar-refractivity contribution < 1.29 is 4.79 Å². The van der Waals surface area contributed by atoms with E-state index in [4.69, 9.17) is 0 Å². The molecule has 3 heteroatoms. The molecule has 1 unspecified atom stereocenters. The van der Waals surface area contributed by atoms with E-state index < -0.39 is 0 Å². The Bertz CT molecular complexity index is 475. The predicted molar refractivity (Wildman–Crippen MR) is 84.9 cm³/mol. The normalized spacial score (nSPS) is 23.1. The van der Waals surface area contributed by atoms with Crippen molar-refractivity contribution >= 4 is 5.91 Å². The maximum absolute atomic E-state index is 12.7. The van der Waals surface area contributed by atoms with Gasteiger partial charge in [-0.2, -0.15) is 0 Å². The molecule has 0 spiro atoms. The van der Waals surface area contributed by atoms with Gasteiger partial charge in [-0.3, -0.25) is 4.79 Å². The summed E-state index contributed by atoms with van der Waals surface area (Å²) in [6.07, 6.45) is 5.83. The number of hydrogen-bond donors (Lipinski definition) is 2. The van der Waals surface area contributed by atoms with Gasteiger partial charge >= 0.3 is 0 Å². The van der Waals surface area contributed by atoms with Crippen molar-refractivity contribution in [3.05, 3.63) is 35.9 Å². The van der Waals surface area contributed by atoms with Gasteiger partial charge in [0, 0.05) is 5.92 Å². The van der Waals surface area contributed by atoms with E-state index in [1.165, 1.54) is 24.8 Å². The van der Waals surface area contributed by atoms with Gasteiger partial charge in [0.15, 0.2) is 0 Å². The summed E-state index contributed by atoms with van der Waals surface area (Å²) in [7, 11) is 0. The van der Waals surface area contributed by atoms with Crippen molar-refractivity contribution in [2.24, 2.45) is 11.8 Å². The molecule has 1 saturated carbocycles. The lowest BCUT2D eigenvalue weighted by Gasteiger charge is -2.41. The maximum atomic E-state index is 12.7. The summed E-state index contributed by atoms with van der Waals surface area (Å²) in [4.78, 5) is 12.7. The predicted octanol–water partition coefficient (Wildman–Crippen LogP) is 2.82. The number of rotatable bonds is 4. The number of hydrogen-bond acceptors (Lipinski definition) is 2. The number of benzene rings is 1. The average molecular weight is 286 g/mol. The second-order valence-electron chi connectivity index (χ2n) is 6.71. The SMILES string of the molecule is CC(C(=O)NC1(c2ccccc2)CCCCC1)C1CNC1. The van der Waals surface area contributed by atoms with E-state index in [-0.39, 0.29) is 17.4 Å². The first-order valence-electron chi connectivity index (χ1n) is 8.29. The highest BCUT2D eigenvalue weighted by atomic mass is 16.2. The molecular formula is C18H26N2O. The highest BCUT2D eigenvalue weighted by Gasteiger charge is 2.38. The van der Waals surface area contributed by atoms with Crippen LogP contribution in [-0.2, 0) is 10.3 Å². The first-order chi connectivity index (χ1) is 10.2. The molecule has 2 fully saturated rings. The fourth-order valence-corrected chi connectivity index (χ4v) is 3.63. The average Bonchev–Trinajstić information content (AvgIpc) is 2.47. The lowest BCUT2D eigenvalue weighted by atomic mass is 9.76. The fourth-order valence-electron chi connectivity index (χ4n) is 3.63. The van der Waals surface area contributed by atoms with Gasteiger partial charge in [0.2, 0.25) is 5.91 Å². The Hall–Kier alpha value is -1.35. The van der Waals surface area contributed by atoms with Crippen LogP contribution in [0.25, 0.3) is 0 Å². The molecule has 1 aromatic rings.